The van der Waals surface area contributed by atoms with E-state index in [1.807, 2.05) is 23.7 Å². The number of aromatic nitrogens is 1. The van der Waals surface area contributed by atoms with Gasteiger partial charge in [-0.2, -0.15) is 0 Å². The Morgan fingerprint density at radius 1 is 0.842 bits per heavy atom. The lowest BCUT2D eigenvalue weighted by atomic mass is 10.4. The molecule has 4 heteroatoms. The van der Waals surface area contributed by atoms with Crippen LogP contribution in [0.2, 0.25) is 0 Å². The molecule has 1 heterocycles. The minimum absolute atomic E-state index is 0.604. The molecule has 0 aliphatic rings. The van der Waals surface area contributed by atoms with Crippen molar-refractivity contribution in [2.75, 3.05) is 5.09 Å². The first kappa shape index (κ1) is 12.3. The summed E-state index contributed by atoms with van der Waals surface area (Å²) in [5.41, 5.74) is 0. The molecule has 2 aromatic carbocycles. The van der Waals surface area contributed by atoms with Gasteiger partial charge in [0.15, 0.2) is 5.13 Å². The van der Waals surface area contributed by atoms with Crippen LogP contribution in [0.5, 0.6) is 0 Å². The number of nitrogens with one attached hydrogen (secondary N) is 1. The van der Waals surface area contributed by atoms with Crippen molar-refractivity contribution >= 4 is 35.1 Å². The van der Waals surface area contributed by atoms with E-state index >= 15 is 0 Å². The lowest BCUT2D eigenvalue weighted by Gasteiger charge is -2.18. The number of thiazole rings is 1. The first-order valence-corrected chi connectivity index (χ1v) is 8.22. The lowest BCUT2D eigenvalue weighted by Crippen LogP contribution is -2.16. The summed E-state index contributed by atoms with van der Waals surface area (Å²) < 4.78 is 0. The van der Waals surface area contributed by atoms with Gasteiger partial charge >= 0.3 is 0 Å². The van der Waals surface area contributed by atoms with Crippen molar-refractivity contribution in [3.05, 3.63) is 72.2 Å². The van der Waals surface area contributed by atoms with Crippen LogP contribution in [0.1, 0.15) is 0 Å². The SMILES string of the molecule is c1ccc(P(Nc2nccs2)c2ccccc2)cc1. The molecule has 0 fully saturated rings. The third-order valence-corrected chi connectivity index (χ3v) is 5.57. The van der Waals surface area contributed by atoms with E-state index in [9.17, 15) is 0 Å². The molecule has 2 nitrogen and oxygen atoms in total. The lowest BCUT2D eigenvalue weighted by molar-refractivity contribution is 1.42. The van der Waals surface area contributed by atoms with Gasteiger partial charge in [0.1, 0.15) is 0 Å². The van der Waals surface area contributed by atoms with Crippen LogP contribution in [0.25, 0.3) is 0 Å². The van der Waals surface area contributed by atoms with Crippen molar-refractivity contribution in [2.24, 2.45) is 0 Å². The maximum Gasteiger partial charge on any atom is 0.186 e. The molecule has 19 heavy (non-hydrogen) atoms. The average Bonchev–Trinajstić information content (AvgIpc) is 3.00. The van der Waals surface area contributed by atoms with Crippen molar-refractivity contribution in [3.63, 3.8) is 0 Å². The molecule has 0 aliphatic heterocycles. The van der Waals surface area contributed by atoms with Crippen molar-refractivity contribution in [1.29, 1.82) is 0 Å². The first-order valence-electron chi connectivity index (χ1n) is 6.00. The molecule has 1 N–H and O–H groups in total. The fourth-order valence-corrected chi connectivity index (χ4v) is 4.41. The predicted molar refractivity (Wildman–Crippen MR) is 84.8 cm³/mol. The molecular weight excluding hydrogens is 271 g/mol. The van der Waals surface area contributed by atoms with Crippen LogP contribution in [-0.4, -0.2) is 4.98 Å². The van der Waals surface area contributed by atoms with Crippen molar-refractivity contribution in [3.8, 4) is 0 Å². The Hall–Kier alpha value is -1.70. The maximum atomic E-state index is 4.33. The van der Waals surface area contributed by atoms with Crippen LogP contribution in [0.4, 0.5) is 5.13 Å². The summed E-state index contributed by atoms with van der Waals surface area (Å²) >= 11 is 1.63. The Kier molecular flexibility index (Phi) is 3.87. The molecule has 94 valence electrons. The van der Waals surface area contributed by atoms with Crippen LogP contribution in [-0.2, 0) is 0 Å². The van der Waals surface area contributed by atoms with Crippen LogP contribution in [0, 0.1) is 0 Å². The van der Waals surface area contributed by atoms with E-state index in [1.165, 1.54) is 10.6 Å². The summed E-state index contributed by atoms with van der Waals surface area (Å²) in [5, 5.41) is 9.14. The third-order valence-electron chi connectivity index (χ3n) is 2.67. The highest BCUT2D eigenvalue weighted by Gasteiger charge is 2.14. The van der Waals surface area contributed by atoms with Crippen LogP contribution in [0.3, 0.4) is 0 Å². The highest BCUT2D eigenvalue weighted by Crippen LogP contribution is 2.34. The Morgan fingerprint density at radius 3 is 1.89 bits per heavy atom. The highest BCUT2D eigenvalue weighted by molar-refractivity contribution is 7.74. The fourth-order valence-electron chi connectivity index (χ4n) is 1.81. The van der Waals surface area contributed by atoms with E-state index in [0.29, 0.717) is 0 Å². The predicted octanol–water partition coefficient (Wildman–Crippen LogP) is 3.60. The van der Waals surface area contributed by atoms with Crippen molar-refractivity contribution < 1.29 is 0 Å². The molecule has 3 rings (SSSR count). The molecule has 0 atom stereocenters. The first-order chi connectivity index (χ1) is 9.43. The molecule has 0 unspecified atom stereocenters. The monoisotopic (exact) mass is 284 g/mol. The molecule has 1 aromatic heterocycles. The van der Waals surface area contributed by atoms with Gasteiger partial charge in [-0.3, -0.25) is 0 Å². The zero-order valence-electron chi connectivity index (χ0n) is 10.2. The van der Waals surface area contributed by atoms with Crippen molar-refractivity contribution in [2.45, 2.75) is 0 Å². The van der Waals surface area contributed by atoms with Crippen LogP contribution in [0.15, 0.2) is 72.2 Å². The van der Waals surface area contributed by atoms with Gasteiger partial charge in [-0.1, -0.05) is 60.7 Å². The van der Waals surface area contributed by atoms with E-state index in [-0.39, 0.29) is 0 Å². The summed E-state index contributed by atoms with van der Waals surface area (Å²) in [5.74, 6) is 0. The Bertz CT molecular complexity index is 572. The van der Waals surface area contributed by atoms with E-state index in [1.54, 1.807) is 11.3 Å². The largest absolute Gasteiger partial charge is 0.333 e. The van der Waals surface area contributed by atoms with E-state index in [0.717, 1.165) is 5.13 Å². The maximum absolute atomic E-state index is 4.33. The van der Waals surface area contributed by atoms with Crippen LogP contribution >= 0.6 is 19.4 Å². The zero-order chi connectivity index (χ0) is 12.9. The number of rotatable bonds is 4. The molecule has 0 saturated heterocycles. The number of anilines is 1. The van der Waals surface area contributed by atoms with Gasteiger partial charge in [0.05, 0.1) is 8.07 Å². The quantitative estimate of drug-likeness (QED) is 0.740. The second kappa shape index (κ2) is 5.96. The molecule has 0 spiro atoms. The molecule has 0 saturated carbocycles. The molecule has 3 aromatic rings. The summed E-state index contributed by atoms with van der Waals surface area (Å²) in [7, 11) is -0.604. The highest BCUT2D eigenvalue weighted by atomic mass is 32.1. The molecular formula is C15H13N2PS. The number of nitrogens with zero attached hydrogens (tertiary/aromatic N) is 1. The van der Waals surface area contributed by atoms with Gasteiger partial charge in [-0.15, -0.1) is 11.3 Å². The Labute approximate surface area is 118 Å². The van der Waals surface area contributed by atoms with E-state index < -0.39 is 8.07 Å². The average molecular weight is 284 g/mol. The van der Waals surface area contributed by atoms with Gasteiger partial charge in [0.25, 0.3) is 0 Å². The minimum atomic E-state index is -0.604. The normalized spacial score (nSPS) is 10.6. The summed E-state index contributed by atoms with van der Waals surface area (Å²) in [6.07, 6.45) is 1.83. The zero-order valence-corrected chi connectivity index (χ0v) is 11.9. The fraction of sp³-hybridized carbons (Fsp3) is 0. The third kappa shape index (κ3) is 3.01. The summed E-state index contributed by atoms with van der Waals surface area (Å²) in [6.45, 7) is 0. The summed E-state index contributed by atoms with van der Waals surface area (Å²) in [4.78, 5) is 4.33. The molecule has 0 aliphatic carbocycles. The second-order valence-corrected chi connectivity index (χ2v) is 6.78. The Morgan fingerprint density at radius 2 is 1.42 bits per heavy atom. The summed E-state index contributed by atoms with van der Waals surface area (Å²) in [6, 6.07) is 21.1. The van der Waals surface area contributed by atoms with Gasteiger partial charge < -0.3 is 5.09 Å². The number of hydrogen-bond acceptors (Lipinski definition) is 3. The smallest absolute Gasteiger partial charge is 0.186 e. The molecule has 0 amide bonds. The Balaban J connectivity index is 1.96. The van der Waals surface area contributed by atoms with Crippen LogP contribution < -0.4 is 15.7 Å². The van der Waals surface area contributed by atoms with E-state index in [2.05, 4.69) is 58.6 Å². The number of benzene rings is 2. The minimum Gasteiger partial charge on any atom is -0.333 e. The number of hydrogen-bond donors (Lipinski definition) is 1. The van der Waals surface area contributed by atoms with Gasteiger partial charge in [-0.05, 0) is 0 Å². The topological polar surface area (TPSA) is 24.9 Å². The second-order valence-electron chi connectivity index (χ2n) is 3.96. The molecule has 0 bridgehead atoms. The van der Waals surface area contributed by atoms with Gasteiger partial charge in [0.2, 0.25) is 0 Å². The van der Waals surface area contributed by atoms with Gasteiger partial charge in [-0.25, -0.2) is 4.98 Å². The molecule has 0 radical (unpaired) electrons. The van der Waals surface area contributed by atoms with Crippen molar-refractivity contribution in [1.82, 2.24) is 4.98 Å². The standard InChI is InChI=1S/C15H13N2PS/c1-3-7-13(8-4-1)18(14-9-5-2-6-10-14)17-15-16-11-12-19-15/h1-12H,(H,16,17). The van der Waals surface area contributed by atoms with Gasteiger partial charge in [0, 0.05) is 22.2 Å². The van der Waals surface area contributed by atoms with E-state index in [4.69, 9.17) is 0 Å².